The molecular weight excluding hydrogens is 466 g/mol. The van der Waals surface area contributed by atoms with E-state index in [1.54, 1.807) is 10.8 Å². The molecule has 0 radical (unpaired) electrons. The number of rotatable bonds is 8. The van der Waals surface area contributed by atoms with Crippen LogP contribution in [-0.4, -0.2) is 40.1 Å². The van der Waals surface area contributed by atoms with Crippen molar-refractivity contribution in [3.63, 3.8) is 0 Å². The number of anilines is 1. The summed E-state index contributed by atoms with van der Waals surface area (Å²) in [7, 11) is 0. The van der Waals surface area contributed by atoms with Crippen molar-refractivity contribution in [2.75, 3.05) is 24.6 Å². The number of nitrogens with zero attached hydrogens (tertiary/aromatic N) is 4. The molecule has 190 valence electrons. The van der Waals surface area contributed by atoms with Crippen LogP contribution in [0.2, 0.25) is 0 Å². The van der Waals surface area contributed by atoms with Crippen molar-refractivity contribution in [3.8, 4) is 5.75 Å². The second kappa shape index (κ2) is 11.2. The van der Waals surface area contributed by atoms with Crippen LogP contribution < -0.4 is 20.5 Å². The molecule has 2 aromatic carbocycles. The molecular formula is C29H31N5O3. The van der Waals surface area contributed by atoms with E-state index in [2.05, 4.69) is 10.3 Å². The van der Waals surface area contributed by atoms with Gasteiger partial charge in [-0.05, 0) is 55.2 Å². The van der Waals surface area contributed by atoms with Crippen LogP contribution in [-0.2, 0) is 17.9 Å². The molecule has 0 bridgehead atoms. The molecule has 8 heteroatoms. The SMILES string of the molecule is CCOc1ccc(CNC(=O)[C@@H]2CCCN(c3nc4cccnc4n(Cc4ccccc4)c3=O)C2)cc1. The van der Waals surface area contributed by atoms with E-state index in [1.165, 1.54) is 0 Å². The fourth-order valence-electron chi connectivity index (χ4n) is 4.77. The Bertz CT molecular complexity index is 1420. The summed E-state index contributed by atoms with van der Waals surface area (Å²) in [4.78, 5) is 37.8. The predicted octanol–water partition coefficient (Wildman–Crippen LogP) is 3.77. The van der Waals surface area contributed by atoms with Gasteiger partial charge in [0.15, 0.2) is 11.5 Å². The molecule has 1 fully saturated rings. The lowest BCUT2D eigenvalue weighted by molar-refractivity contribution is -0.125. The molecule has 37 heavy (non-hydrogen) atoms. The topological polar surface area (TPSA) is 89.3 Å². The number of hydrogen-bond donors (Lipinski definition) is 1. The molecule has 5 rings (SSSR count). The molecule has 1 amide bonds. The van der Waals surface area contributed by atoms with Crippen LogP contribution in [0.15, 0.2) is 77.7 Å². The van der Waals surface area contributed by atoms with Gasteiger partial charge in [0.2, 0.25) is 5.91 Å². The largest absolute Gasteiger partial charge is 0.494 e. The van der Waals surface area contributed by atoms with E-state index in [-0.39, 0.29) is 17.4 Å². The summed E-state index contributed by atoms with van der Waals surface area (Å²) >= 11 is 0. The minimum atomic E-state index is -0.218. The van der Waals surface area contributed by atoms with Crippen molar-refractivity contribution >= 4 is 22.9 Å². The van der Waals surface area contributed by atoms with Crippen molar-refractivity contribution in [1.29, 1.82) is 0 Å². The second-order valence-electron chi connectivity index (χ2n) is 9.24. The molecule has 0 saturated carbocycles. The first-order valence-corrected chi connectivity index (χ1v) is 12.8. The average Bonchev–Trinajstić information content (AvgIpc) is 2.94. The second-order valence-corrected chi connectivity index (χ2v) is 9.24. The van der Waals surface area contributed by atoms with E-state index in [1.807, 2.05) is 78.6 Å². The first-order valence-electron chi connectivity index (χ1n) is 12.8. The normalized spacial score (nSPS) is 15.5. The zero-order valence-electron chi connectivity index (χ0n) is 21.0. The molecule has 3 heterocycles. The molecule has 1 aliphatic rings. The van der Waals surface area contributed by atoms with Crippen LogP contribution in [0.1, 0.15) is 30.9 Å². The first-order chi connectivity index (χ1) is 18.1. The number of pyridine rings is 1. The highest BCUT2D eigenvalue weighted by molar-refractivity contribution is 5.79. The summed E-state index contributed by atoms with van der Waals surface area (Å²) in [6, 6.07) is 21.3. The van der Waals surface area contributed by atoms with Gasteiger partial charge in [0.05, 0.1) is 19.1 Å². The van der Waals surface area contributed by atoms with Crippen LogP contribution in [0.25, 0.3) is 11.2 Å². The van der Waals surface area contributed by atoms with E-state index in [0.29, 0.717) is 49.8 Å². The molecule has 2 aromatic heterocycles. The lowest BCUT2D eigenvalue weighted by Gasteiger charge is -2.32. The Morgan fingerprint density at radius 1 is 1.05 bits per heavy atom. The van der Waals surface area contributed by atoms with Crippen LogP contribution >= 0.6 is 0 Å². The van der Waals surface area contributed by atoms with Gasteiger partial charge in [-0.2, -0.15) is 0 Å². The maximum Gasteiger partial charge on any atom is 0.295 e. The minimum Gasteiger partial charge on any atom is -0.494 e. The quantitative estimate of drug-likeness (QED) is 0.399. The fourth-order valence-corrected chi connectivity index (χ4v) is 4.77. The van der Waals surface area contributed by atoms with Crippen molar-refractivity contribution in [3.05, 3.63) is 94.4 Å². The summed E-state index contributed by atoms with van der Waals surface area (Å²) in [5.41, 5.74) is 3.05. The maximum absolute atomic E-state index is 13.7. The smallest absolute Gasteiger partial charge is 0.295 e. The number of amides is 1. The molecule has 1 atom stereocenters. The third kappa shape index (κ3) is 5.63. The third-order valence-electron chi connectivity index (χ3n) is 6.66. The van der Waals surface area contributed by atoms with Gasteiger partial charge >= 0.3 is 0 Å². The number of fused-ring (bicyclic) bond motifs is 1. The van der Waals surface area contributed by atoms with Crippen molar-refractivity contribution in [1.82, 2.24) is 19.9 Å². The summed E-state index contributed by atoms with van der Waals surface area (Å²) in [5.74, 6) is 0.965. The number of carbonyl (C=O) groups excluding carboxylic acids is 1. The van der Waals surface area contributed by atoms with E-state index >= 15 is 0 Å². The number of benzene rings is 2. The van der Waals surface area contributed by atoms with E-state index in [9.17, 15) is 9.59 Å². The average molecular weight is 498 g/mol. The molecule has 0 aliphatic carbocycles. The van der Waals surface area contributed by atoms with Gasteiger partial charge in [-0.15, -0.1) is 0 Å². The maximum atomic E-state index is 13.7. The lowest BCUT2D eigenvalue weighted by Crippen LogP contribution is -2.45. The highest BCUT2D eigenvalue weighted by Gasteiger charge is 2.28. The van der Waals surface area contributed by atoms with Gasteiger partial charge < -0.3 is 15.0 Å². The molecule has 1 aliphatic heterocycles. The number of nitrogens with one attached hydrogen (secondary N) is 1. The Morgan fingerprint density at radius 3 is 2.65 bits per heavy atom. The number of ether oxygens (including phenoxy) is 1. The van der Waals surface area contributed by atoms with Crippen LogP contribution in [0.3, 0.4) is 0 Å². The molecule has 4 aromatic rings. The van der Waals surface area contributed by atoms with Gasteiger partial charge in [-0.25, -0.2) is 9.97 Å². The fraction of sp³-hybridized carbons (Fsp3) is 0.310. The molecule has 0 spiro atoms. The zero-order valence-corrected chi connectivity index (χ0v) is 21.0. The van der Waals surface area contributed by atoms with Gasteiger partial charge in [0.25, 0.3) is 5.56 Å². The number of hydrogen-bond acceptors (Lipinski definition) is 6. The van der Waals surface area contributed by atoms with Crippen LogP contribution in [0.4, 0.5) is 5.82 Å². The Labute approximate surface area is 215 Å². The standard InChI is InChI=1S/C29H31N5O3/c1-2-37-24-14-12-21(13-15-24)18-31-28(35)23-10-7-17-33(20-23)27-29(36)34(19-22-8-4-3-5-9-22)26-25(32-27)11-6-16-30-26/h3-6,8-9,11-16,23H,2,7,10,17-20H2,1H3,(H,31,35)/t23-/m1/s1. The number of aromatic nitrogens is 3. The van der Waals surface area contributed by atoms with Gasteiger partial charge in [0, 0.05) is 25.8 Å². The van der Waals surface area contributed by atoms with Gasteiger partial charge in [0.1, 0.15) is 11.3 Å². The van der Waals surface area contributed by atoms with Crippen molar-refractivity contribution < 1.29 is 9.53 Å². The zero-order chi connectivity index (χ0) is 25.6. The Kier molecular flexibility index (Phi) is 7.44. The number of carbonyl (C=O) groups is 1. The first kappa shape index (κ1) is 24.5. The Balaban J connectivity index is 1.33. The predicted molar refractivity (Wildman–Crippen MR) is 144 cm³/mol. The third-order valence-corrected chi connectivity index (χ3v) is 6.66. The molecule has 0 unspecified atom stereocenters. The molecule has 8 nitrogen and oxygen atoms in total. The van der Waals surface area contributed by atoms with Crippen molar-refractivity contribution in [2.45, 2.75) is 32.9 Å². The van der Waals surface area contributed by atoms with Crippen LogP contribution in [0.5, 0.6) is 5.75 Å². The Hall–Kier alpha value is -4.20. The lowest BCUT2D eigenvalue weighted by atomic mass is 9.97. The molecule has 1 saturated heterocycles. The van der Waals surface area contributed by atoms with E-state index in [0.717, 1.165) is 29.7 Å². The molecule has 1 N–H and O–H groups in total. The number of piperidine rings is 1. The van der Waals surface area contributed by atoms with E-state index < -0.39 is 0 Å². The monoisotopic (exact) mass is 497 g/mol. The van der Waals surface area contributed by atoms with Gasteiger partial charge in [-0.1, -0.05) is 42.5 Å². The van der Waals surface area contributed by atoms with E-state index in [4.69, 9.17) is 9.72 Å². The summed E-state index contributed by atoms with van der Waals surface area (Å²) in [5, 5.41) is 3.06. The van der Waals surface area contributed by atoms with Crippen molar-refractivity contribution in [2.24, 2.45) is 5.92 Å². The summed E-state index contributed by atoms with van der Waals surface area (Å²) in [6.45, 7) is 4.56. The highest BCUT2D eigenvalue weighted by atomic mass is 16.5. The van der Waals surface area contributed by atoms with Gasteiger partial charge in [-0.3, -0.25) is 14.2 Å². The highest BCUT2D eigenvalue weighted by Crippen LogP contribution is 2.22. The Morgan fingerprint density at radius 2 is 1.86 bits per heavy atom. The summed E-state index contributed by atoms with van der Waals surface area (Å²) < 4.78 is 7.17. The van der Waals surface area contributed by atoms with Crippen LogP contribution in [0, 0.1) is 5.92 Å². The summed E-state index contributed by atoms with van der Waals surface area (Å²) in [6.07, 6.45) is 3.27. The minimum absolute atomic E-state index is 0.00866.